The Kier molecular flexibility index (Phi) is 32.3. The fourth-order valence-corrected chi connectivity index (χ4v) is 0.659. The summed E-state index contributed by atoms with van der Waals surface area (Å²) in [6.45, 7) is 6.29. The number of benzene rings is 1. The van der Waals surface area contributed by atoms with Crippen LogP contribution < -0.4 is 16.8 Å². The lowest BCUT2D eigenvalue weighted by molar-refractivity contribution is -0.109. The van der Waals surface area contributed by atoms with Crippen molar-refractivity contribution in [3.8, 4) is 0 Å². The summed E-state index contributed by atoms with van der Waals surface area (Å²) >= 11 is 13.4. The number of hydrogen-bond acceptors (Lipinski definition) is 3. The van der Waals surface area contributed by atoms with Gasteiger partial charge in [-0.2, -0.15) is 0 Å². The molecule has 0 heterocycles. The Morgan fingerprint density at radius 3 is 1.52 bits per heavy atom. The largest absolute Gasteiger partial charge is 0.487 e. The second-order valence-corrected chi connectivity index (χ2v) is 4.86. The number of hydrogen-bond donors (Lipinski definition) is 5. The second-order valence-electron chi connectivity index (χ2n) is 3.59. The van der Waals surface area contributed by atoms with Crippen molar-refractivity contribution >= 4 is 52.8 Å². The Labute approximate surface area is 153 Å². The third kappa shape index (κ3) is 78.3. The van der Waals surface area contributed by atoms with Crippen LogP contribution in [0.4, 0.5) is 0 Å². The van der Waals surface area contributed by atoms with E-state index in [9.17, 15) is 0 Å². The SMILES string of the molecule is CCC.CNC=O.Cc1ccc(Cl)cc1.NC(O)=S.NC(O)=S. The van der Waals surface area contributed by atoms with E-state index in [2.05, 4.69) is 55.1 Å². The molecule has 7 N–H and O–H groups in total. The molecule has 0 unspecified atom stereocenters. The second kappa shape index (κ2) is 25.3. The number of carbonyl (C=O) groups is 1. The van der Waals surface area contributed by atoms with E-state index in [1.807, 2.05) is 31.2 Å². The average molecular weight is 384 g/mol. The van der Waals surface area contributed by atoms with E-state index in [-0.39, 0.29) is 0 Å². The molecule has 0 aliphatic rings. The summed E-state index contributed by atoms with van der Waals surface area (Å²) in [5.41, 5.74) is 10.0. The Bertz CT molecular complexity index is 364. The molecule has 0 saturated heterocycles. The summed E-state index contributed by atoms with van der Waals surface area (Å²) in [6, 6.07) is 7.75. The van der Waals surface area contributed by atoms with Gasteiger partial charge in [-0.3, -0.25) is 4.79 Å². The van der Waals surface area contributed by atoms with E-state index in [1.54, 1.807) is 7.05 Å². The fraction of sp³-hybridized carbons (Fsp3) is 0.357. The number of thiocarbonyl (C=S) groups is 2. The van der Waals surface area contributed by atoms with Crippen LogP contribution in [0, 0.1) is 6.92 Å². The van der Waals surface area contributed by atoms with Crippen molar-refractivity contribution in [1.29, 1.82) is 0 Å². The number of aliphatic hydroxyl groups excluding tert-OH is 2. The van der Waals surface area contributed by atoms with Gasteiger partial charge in [-0.15, -0.1) is 0 Å². The van der Waals surface area contributed by atoms with Gasteiger partial charge in [0.1, 0.15) is 0 Å². The Hall–Kier alpha value is -1.64. The van der Waals surface area contributed by atoms with Crippen molar-refractivity contribution in [2.24, 2.45) is 11.5 Å². The highest BCUT2D eigenvalue weighted by molar-refractivity contribution is 7.80. The normalized spacial score (nSPS) is 7.00. The minimum absolute atomic E-state index is 0.500. The summed E-state index contributed by atoms with van der Waals surface area (Å²) in [4.78, 5) is 9.06. The molecule has 0 aliphatic heterocycles. The van der Waals surface area contributed by atoms with Gasteiger partial charge in [0, 0.05) is 12.1 Å². The number of rotatable bonds is 1. The number of aryl methyl sites for hydroxylation is 1. The van der Waals surface area contributed by atoms with Crippen molar-refractivity contribution in [3.63, 3.8) is 0 Å². The molecule has 0 saturated carbocycles. The minimum Gasteiger partial charge on any atom is -0.487 e. The smallest absolute Gasteiger partial charge is 0.251 e. The third-order valence-electron chi connectivity index (χ3n) is 1.13. The monoisotopic (exact) mass is 383 g/mol. The maximum Gasteiger partial charge on any atom is 0.251 e. The number of nitrogens with two attached hydrogens (primary N) is 2. The average Bonchev–Trinajstić information content (AvgIpc) is 2.42. The highest BCUT2D eigenvalue weighted by Gasteiger charge is 1.81. The van der Waals surface area contributed by atoms with E-state index in [0.29, 0.717) is 6.41 Å². The summed E-state index contributed by atoms with van der Waals surface area (Å²) in [7, 11) is 1.56. The molecule has 134 valence electrons. The number of halogens is 1. The summed E-state index contributed by atoms with van der Waals surface area (Å²) in [5.74, 6) is 0. The molecule has 6 nitrogen and oxygen atoms in total. The van der Waals surface area contributed by atoms with E-state index >= 15 is 0 Å². The van der Waals surface area contributed by atoms with Crippen LogP contribution >= 0.6 is 36.0 Å². The van der Waals surface area contributed by atoms with Crippen LogP contribution in [0.2, 0.25) is 5.02 Å². The molecule has 0 spiro atoms. The van der Waals surface area contributed by atoms with Crippen LogP contribution in [-0.4, -0.2) is 34.0 Å². The minimum atomic E-state index is -0.500. The molecule has 0 bridgehead atoms. The van der Waals surface area contributed by atoms with Crippen molar-refractivity contribution < 1.29 is 15.0 Å². The molecule has 0 fully saturated rings. The maximum absolute atomic E-state index is 9.06. The van der Waals surface area contributed by atoms with Gasteiger partial charge in [-0.05, 0) is 43.5 Å². The van der Waals surface area contributed by atoms with Crippen LogP contribution in [0.3, 0.4) is 0 Å². The zero-order valence-corrected chi connectivity index (χ0v) is 16.1. The molecule has 0 aromatic heterocycles. The molecule has 1 aromatic rings. The predicted molar refractivity (Wildman–Crippen MR) is 106 cm³/mol. The first-order valence-corrected chi connectivity index (χ1v) is 7.58. The van der Waals surface area contributed by atoms with Crippen LogP contribution in [0.5, 0.6) is 0 Å². The van der Waals surface area contributed by atoms with Crippen LogP contribution in [0.15, 0.2) is 24.3 Å². The fourth-order valence-electron chi connectivity index (χ4n) is 0.533. The molecule has 0 atom stereocenters. The Morgan fingerprint density at radius 1 is 1.17 bits per heavy atom. The van der Waals surface area contributed by atoms with Gasteiger partial charge in [0.05, 0.1) is 0 Å². The lowest BCUT2D eigenvalue weighted by atomic mass is 10.2. The number of aliphatic hydroxyl groups is 2. The zero-order chi connectivity index (χ0) is 19.3. The first kappa shape index (κ1) is 29.4. The van der Waals surface area contributed by atoms with Crippen molar-refractivity contribution in [1.82, 2.24) is 5.32 Å². The maximum atomic E-state index is 9.06. The van der Waals surface area contributed by atoms with Gasteiger partial charge < -0.3 is 27.0 Å². The van der Waals surface area contributed by atoms with Gasteiger partial charge in [0.2, 0.25) is 6.41 Å². The standard InChI is InChI=1S/C7H7Cl.C3H8.C2H5NO.2CH3NOS/c1-6-2-4-7(8)5-3-6;1-3-2;1-3-2-4;2*2-1(3)4/h2-5H,1H3;3H2,1-2H3;2H,1H3,(H,3,4);2*(H3,2,3,4). The lowest BCUT2D eigenvalue weighted by Crippen LogP contribution is -2.03. The Morgan fingerprint density at radius 2 is 1.39 bits per heavy atom. The van der Waals surface area contributed by atoms with Gasteiger partial charge in [-0.1, -0.05) is 49.6 Å². The van der Waals surface area contributed by atoms with E-state index in [0.717, 1.165) is 5.02 Å². The topological polar surface area (TPSA) is 122 Å². The van der Waals surface area contributed by atoms with Gasteiger partial charge >= 0.3 is 0 Å². The predicted octanol–water partition coefficient (Wildman–Crippen LogP) is 3.00. The molecule has 1 amide bonds. The van der Waals surface area contributed by atoms with Gasteiger partial charge in [-0.25, -0.2) is 0 Å². The Balaban J connectivity index is -0.000000105. The molecular formula is C14H26ClN3O3S2. The quantitative estimate of drug-likeness (QED) is 0.373. The van der Waals surface area contributed by atoms with E-state index < -0.39 is 10.3 Å². The van der Waals surface area contributed by atoms with Crippen molar-refractivity contribution in [2.45, 2.75) is 27.2 Å². The summed E-state index contributed by atoms with van der Waals surface area (Å²) in [6.07, 6.45) is 1.88. The molecular weight excluding hydrogens is 358 g/mol. The van der Waals surface area contributed by atoms with E-state index in [4.69, 9.17) is 26.6 Å². The molecule has 23 heavy (non-hydrogen) atoms. The van der Waals surface area contributed by atoms with Crippen LogP contribution in [0.1, 0.15) is 25.8 Å². The number of amides is 1. The van der Waals surface area contributed by atoms with Gasteiger partial charge in [0.15, 0.2) is 0 Å². The van der Waals surface area contributed by atoms with Crippen molar-refractivity contribution in [3.05, 3.63) is 34.9 Å². The first-order valence-electron chi connectivity index (χ1n) is 6.38. The van der Waals surface area contributed by atoms with Crippen LogP contribution in [0.25, 0.3) is 0 Å². The lowest BCUT2D eigenvalue weighted by Gasteiger charge is -1.88. The molecule has 0 radical (unpaired) electrons. The zero-order valence-electron chi connectivity index (χ0n) is 13.7. The molecule has 1 aromatic carbocycles. The van der Waals surface area contributed by atoms with Crippen LogP contribution in [-0.2, 0) is 4.79 Å². The first-order chi connectivity index (χ1) is 10.6. The molecule has 0 aliphatic carbocycles. The number of carbonyl (C=O) groups excluding carboxylic acids is 1. The van der Waals surface area contributed by atoms with Crippen molar-refractivity contribution in [2.75, 3.05) is 7.05 Å². The molecule has 9 heteroatoms. The molecule has 1 rings (SSSR count). The number of nitrogens with one attached hydrogen (secondary N) is 1. The van der Waals surface area contributed by atoms with Gasteiger partial charge in [0.25, 0.3) is 10.3 Å². The highest BCUT2D eigenvalue weighted by Crippen LogP contribution is 2.07. The highest BCUT2D eigenvalue weighted by atomic mass is 35.5. The third-order valence-corrected chi connectivity index (χ3v) is 1.38. The summed E-state index contributed by atoms with van der Waals surface area (Å²) < 4.78 is 0. The van der Waals surface area contributed by atoms with E-state index in [1.165, 1.54) is 12.0 Å². The summed E-state index contributed by atoms with van der Waals surface area (Å²) in [5, 5.41) is 17.2.